The number of thiazole rings is 1. The van der Waals surface area contributed by atoms with E-state index in [4.69, 9.17) is 15.2 Å². The first kappa shape index (κ1) is 12.3. The molecule has 21 heavy (non-hydrogen) atoms. The Kier molecular flexibility index (Phi) is 2.82. The fraction of sp³-hybridized carbons (Fsp3) is 0.133. The van der Waals surface area contributed by atoms with E-state index in [1.165, 1.54) is 0 Å². The summed E-state index contributed by atoms with van der Waals surface area (Å²) < 4.78 is 12.2. The molecular formula is C15H13N3O2S. The zero-order valence-corrected chi connectivity index (χ0v) is 11.9. The summed E-state index contributed by atoms with van der Waals surface area (Å²) in [4.78, 5) is 4.54. The van der Waals surface area contributed by atoms with Gasteiger partial charge in [0.2, 0.25) is 0 Å². The van der Waals surface area contributed by atoms with Gasteiger partial charge in [0, 0.05) is 17.4 Å². The van der Waals surface area contributed by atoms with Crippen molar-refractivity contribution in [3.8, 4) is 11.5 Å². The normalized spacial score (nSPS) is 13.3. The predicted molar refractivity (Wildman–Crippen MR) is 84.7 cm³/mol. The van der Waals surface area contributed by atoms with Crippen LogP contribution in [0.15, 0.2) is 36.4 Å². The Labute approximate surface area is 125 Å². The summed E-state index contributed by atoms with van der Waals surface area (Å²) in [6.07, 6.45) is 0. The zero-order chi connectivity index (χ0) is 14.2. The zero-order valence-electron chi connectivity index (χ0n) is 11.1. The molecule has 0 atom stereocenters. The van der Waals surface area contributed by atoms with Crippen molar-refractivity contribution < 1.29 is 9.47 Å². The summed E-state index contributed by atoms with van der Waals surface area (Å²) in [6, 6.07) is 11.5. The average Bonchev–Trinajstić information content (AvgIpc) is 2.88. The highest BCUT2D eigenvalue weighted by atomic mass is 32.1. The van der Waals surface area contributed by atoms with Gasteiger partial charge < -0.3 is 20.5 Å². The Morgan fingerprint density at radius 3 is 2.81 bits per heavy atom. The highest BCUT2D eigenvalue weighted by Gasteiger charge is 2.12. The topological polar surface area (TPSA) is 69.4 Å². The van der Waals surface area contributed by atoms with Crippen LogP contribution in [0.1, 0.15) is 0 Å². The molecule has 3 aromatic rings. The summed E-state index contributed by atoms with van der Waals surface area (Å²) in [5, 5.41) is 4.12. The van der Waals surface area contributed by atoms with Gasteiger partial charge in [-0.25, -0.2) is 4.98 Å². The van der Waals surface area contributed by atoms with Crippen LogP contribution >= 0.6 is 11.3 Å². The fourth-order valence-corrected chi connectivity index (χ4v) is 3.17. The lowest BCUT2D eigenvalue weighted by molar-refractivity contribution is 0.171. The second kappa shape index (κ2) is 4.82. The maximum atomic E-state index is 5.79. The predicted octanol–water partition coefficient (Wildman–Crippen LogP) is 3.39. The third kappa shape index (κ3) is 2.34. The molecule has 0 radical (unpaired) electrons. The summed E-state index contributed by atoms with van der Waals surface area (Å²) >= 11 is 1.57. The van der Waals surface area contributed by atoms with Gasteiger partial charge in [-0.15, -0.1) is 0 Å². The summed E-state index contributed by atoms with van der Waals surface area (Å²) in [5.74, 6) is 1.54. The number of aromatic nitrogens is 1. The Hall–Kier alpha value is -2.47. The summed E-state index contributed by atoms with van der Waals surface area (Å²) in [6.45, 7) is 1.18. The number of nitrogens with one attached hydrogen (secondary N) is 1. The molecule has 5 nitrogen and oxygen atoms in total. The van der Waals surface area contributed by atoms with Crippen LogP contribution in [0.2, 0.25) is 0 Å². The van der Waals surface area contributed by atoms with Gasteiger partial charge in [0.15, 0.2) is 16.6 Å². The minimum absolute atomic E-state index is 0.580. The largest absolute Gasteiger partial charge is 0.486 e. The van der Waals surface area contributed by atoms with Crippen LogP contribution in [-0.2, 0) is 0 Å². The van der Waals surface area contributed by atoms with Crippen LogP contribution in [0.3, 0.4) is 0 Å². The molecule has 0 saturated carbocycles. The summed E-state index contributed by atoms with van der Waals surface area (Å²) in [5.41, 5.74) is 8.40. The number of hydrogen-bond acceptors (Lipinski definition) is 6. The van der Waals surface area contributed by atoms with E-state index < -0.39 is 0 Å². The molecule has 1 aliphatic rings. The molecule has 106 valence electrons. The minimum atomic E-state index is 0.580. The molecule has 1 aliphatic heterocycles. The second-order valence-electron chi connectivity index (χ2n) is 4.73. The number of ether oxygens (including phenoxy) is 2. The van der Waals surface area contributed by atoms with Gasteiger partial charge in [-0.05, 0) is 30.3 Å². The van der Waals surface area contributed by atoms with Crippen LogP contribution in [0.25, 0.3) is 10.2 Å². The van der Waals surface area contributed by atoms with E-state index in [1.807, 2.05) is 36.4 Å². The molecule has 0 amide bonds. The van der Waals surface area contributed by atoms with Crippen molar-refractivity contribution in [2.45, 2.75) is 0 Å². The standard InChI is InChI=1S/C15H13N3O2S/c16-9-1-3-11-14(7-9)21-15(18-11)17-10-2-4-12-13(8-10)20-6-5-19-12/h1-4,7-8H,5-6,16H2,(H,17,18). The molecule has 0 fully saturated rings. The Morgan fingerprint density at radius 1 is 1.05 bits per heavy atom. The number of nitrogens with two attached hydrogens (primary N) is 1. The van der Waals surface area contributed by atoms with Gasteiger partial charge in [-0.2, -0.15) is 0 Å². The summed E-state index contributed by atoms with van der Waals surface area (Å²) in [7, 11) is 0. The maximum absolute atomic E-state index is 5.79. The Balaban J connectivity index is 1.64. The van der Waals surface area contributed by atoms with E-state index in [9.17, 15) is 0 Å². The number of fused-ring (bicyclic) bond motifs is 2. The highest BCUT2D eigenvalue weighted by molar-refractivity contribution is 7.22. The molecule has 2 aromatic carbocycles. The van der Waals surface area contributed by atoms with E-state index in [0.29, 0.717) is 13.2 Å². The average molecular weight is 299 g/mol. The van der Waals surface area contributed by atoms with Crippen molar-refractivity contribution in [3.05, 3.63) is 36.4 Å². The lowest BCUT2D eigenvalue weighted by atomic mass is 10.2. The molecule has 0 bridgehead atoms. The molecule has 3 N–H and O–H groups in total. The third-order valence-corrected chi connectivity index (χ3v) is 4.14. The minimum Gasteiger partial charge on any atom is -0.486 e. The third-order valence-electron chi connectivity index (χ3n) is 3.21. The molecule has 6 heteroatoms. The van der Waals surface area contributed by atoms with Gasteiger partial charge in [-0.3, -0.25) is 0 Å². The smallest absolute Gasteiger partial charge is 0.188 e. The lowest BCUT2D eigenvalue weighted by Gasteiger charge is -2.18. The van der Waals surface area contributed by atoms with Crippen LogP contribution < -0.4 is 20.5 Å². The van der Waals surface area contributed by atoms with E-state index in [2.05, 4.69) is 10.3 Å². The first-order chi connectivity index (χ1) is 10.3. The van der Waals surface area contributed by atoms with Crippen LogP contribution in [-0.4, -0.2) is 18.2 Å². The first-order valence-electron chi connectivity index (χ1n) is 6.61. The highest BCUT2D eigenvalue weighted by Crippen LogP contribution is 2.35. The molecule has 0 aliphatic carbocycles. The molecule has 4 rings (SSSR count). The number of benzene rings is 2. The monoisotopic (exact) mass is 299 g/mol. The van der Waals surface area contributed by atoms with E-state index in [1.54, 1.807) is 11.3 Å². The van der Waals surface area contributed by atoms with E-state index in [0.717, 1.165) is 38.2 Å². The maximum Gasteiger partial charge on any atom is 0.188 e. The molecular weight excluding hydrogens is 286 g/mol. The molecule has 0 unspecified atom stereocenters. The Bertz CT molecular complexity index is 816. The number of anilines is 3. The van der Waals surface area contributed by atoms with Crippen molar-refractivity contribution >= 4 is 38.1 Å². The van der Waals surface area contributed by atoms with Gasteiger partial charge >= 0.3 is 0 Å². The van der Waals surface area contributed by atoms with E-state index >= 15 is 0 Å². The number of nitrogen functional groups attached to an aromatic ring is 1. The molecule has 1 aromatic heterocycles. The van der Waals surface area contributed by atoms with Gasteiger partial charge in [-0.1, -0.05) is 11.3 Å². The van der Waals surface area contributed by atoms with Crippen LogP contribution in [0.5, 0.6) is 11.5 Å². The SMILES string of the molecule is Nc1ccc2nc(Nc3ccc4c(c3)OCCO4)sc2c1. The molecule has 0 saturated heterocycles. The van der Waals surface area contributed by atoms with Gasteiger partial charge in [0.25, 0.3) is 0 Å². The number of rotatable bonds is 2. The number of hydrogen-bond donors (Lipinski definition) is 2. The lowest BCUT2D eigenvalue weighted by Crippen LogP contribution is -2.15. The van der Waals surface area contributed by atoms with Crippen molar-refractivity contribution in [2.24, 2.45) is 0 Å². The van der Waals surface area contributed by atoms with Crippen molar-refractivity contribution in [1.82, 2.24) is 4.98 Å². The Morgan fingerprint density at radius 2 is 1.90 bits per heavy atom. The van der Waals surface area contributed by atoms with Crippen molar-refractivity contribution in [1.29, 1.82) is 0 Å². The van der Waals surface area contributed by atoms with E-state index in [-0.39, 0.29) is 0 Å². The van der Waals surface area contributed by atoms with Crippen molar-refractivity contribution in [3.63, 3.8) is 0 Å². The second-order valence-corrected chi connectivity index (χ2v) is 5.76. The molecule has 2 heterocycles. The molecule has 0 spiro atoms. The van der Waals surface area contributed by atoms with Crippen LogP contribution in [0.4, 0.5) is 16.5 Å². The van der Waals surface area contributed by atoms with Crippen molar-refractivity contribution in [2.75, 3.05) is 24.3 Å². The fourth-order valence-electron chi connectivity index (χ4n) is 2.24. The number of nitrogens with zero attached hydrogens (tertiary/aromatic N) is 1. The quantitative estimate of drug-likeness (QED) is 0.710. The van der Waals surface area contributed by atoms with Gasteiger partial charge in [0.1, 0.15) is 13.2 Å². The first-order valence-corrected chi connectivity index (χ1v) is 7.42. The van der Waals surface area contributed by atoms with Gasteiger partial charge in [0.05, 0.1) is 10.2 Å². The van der Waals surface area contributed by atoms with Crippen LogP contribution in [0, 0.1) is 0 Å².